The molecule has 1 aromatic carbocycles. The molecule has 184 valence electrons. The van der Waals surface area contributed by atoms with Crippen molar-refractivity contribution in [2.75, 3.05) is 30.3 Å². The topological polar surface area (TPSA) is 140 Å². The Morgan fingerprint density at radius 2 is 2.09 bits per heavy atom. The Labute approximate surface area is 202 Å². The van der Waals surface area contributed by atoms with Gasteiger partial charge in [0.25, 0.3) is 5.91 Å². The molecule has 0 aliphatic carbocycles. The standard InChI is InChI=1S/C23H29FN10O/c1-14-30-31-32-34(14)16-7-8-18(24)19(11-16)28-23-27-13-17(21(25)35)22(29-23)26-12-15-5-4-10-33-9-3-2-6-20(15)33/h7-8,11,13,15,20H,2-6,9-10,12H2,1H3,(H2,25,35)(H2,26,27,28,29). The Morgan fingerprint density at radius 3 is 2.89 bits per heavy atom. The highest BCUT2D eigenvalue weighted by Gasteiger charge is 2.33. The Hall–Kier alpha value is -3.67. The monoisotopic (exact) mass is 480 g/mol. The fourth-order valence-electron chi connectivity index (χ4n) is 5.13. The van der Waals surface area contributed by atoms with E-state index in [0.717, 1.165) is 19.5 Å². The van der Waals surface area contributed by atoms with Crippen molar-refractivity contribution in [3.05, 3.63) is 41.6 Å². The van der Waals surface area contributed by atoms with Crippen LogP contribution in [0.4, 0.5) is 21.8 Å². The van der Waals surface area contributed by atoms with Gasteiger partial charge in [-0.25, -0.2) is 9.37 Å². The van der Waals surface area contributed by atoms with E-state index in [1.165, 1.54) is 42.6 Å². The minimum atomic E-state index is -0.621. The minimum absolute atomic E-state index is 0.143. The van der Waals surface area contributed by atoms with Crippen LogP contribution < -0.4 is 16.4 Å². The quantitative estimate of drug-likeness (QED) is 0.465. The van der Waals surface area contributed by atoms with Crippen molar-refractivity contribution in [3.8, 4) is 5.69 Å². The fraction of sp³-hybridized carbons (Fsp3) is 0.478. The average Bonchev–Trinajstić information content (AvgIpc) is 3.29. The summed E-state index contributed by atoms with van der Waals surface area (Å²) < 4.78 is 16.1. The molecule has 5 rings (SSSR count). The van der Waals surface area contributed by atoms with Crippen molar-refractivity contribution >= 4 is 23.4 Å². The van der Waals surface area contributed by atoms with Gasteiger partial charge in [0, 0.05) is 18.8 Å². The Kier molecular flexibility index (Phi) is 6.53. The van der Waals surface area contributed by atoms with E-state index in [2.05, 4.69) is 41.0 Å². The number of hydrogen-bond donors (Lipinski definition) is 3. The van der Waals surface area contributed by atoms with Crippen LogP contribution in [0.3, 0.4) is 0 Å². The number of amides is 1. The van der Waals surface area contributed by atoms with Gasteiger partial charge in [0.1, 0.15) is 11.6 Å². The van der Waals surface area contributed by atoms with Crippen molar-refractivity contribution < 1.29 is 9.18 Å². The summed E-state index contributed by atoms with van der Waals surface area (Å²) in [5.41, 5.74) is 6.51. The van der Waals surface area contributed by atoms with E-state index in [4.69, 9.17) is 5.73 Å². The minimum Gasteiger partial charge on any atom is -0.369 e. The Balaban J connectivity index is 1.36. The summed E-state index contributed by atoms with van der Waals surface area (Å²) in [5, 5.41) is 17.6. The number of fused-ring (bicyclic) bond motifs is 1. The van der Waals surface area contributed by atoms with Crippen LogP contribution in [0.25, 0.3) is 5.69 Å². The smallest absolute Gasteiger partial charge is 0.254 e. The van der Waals surface area contributed by atoms with Gasteiger partial charge in [-0.1, -0.05) is 6.42 Å². The van der Waals surface area contributed by atoms with E-state index in [1.54, 1.807) is 19.1 Å². The number of hydrogen-bond acceptors (Lipinski definition) is 9. The van der Waals surface area contributed by atoms with Gasteiger partial charge >= 0.3 is 0 Å². The number of rotatable bonds is 7. The first-order chi connectivity index (χ1) is 17.0. The highest BCUT2D eigenvalue weighted by atomic mass is 19.1. The molecule has 2 unspecified atom stereocenters. The van der Waals surface area contributed by atoms with E-state index in [1.807, 2.05) is 0 Å². The molecule has 3 aromatic rings. The molecule has 0 bridgehead atoms. The van der Waals surface area contributed by atoms with Gasteiger partial charge < -0.3 is 21.3 Å². The molecular weight excluding hydrogens is 451 g/mol. The van der Waals surface area contributed by atoms with E-state index >= 15 is 0 Å². The SMILES string of the molecule is Cc1nnnn1-c1ccc(F)c(Nc2ncc(C(N)=O)c(NCC3CCCN4CCCCC34)n2)c1. The van der Waals surface area contributed by atoms with Gasteiger partial charge in [-0.05, 0) is 80.2 Å². The predicted molar refractivity (Wildman–Crippen MR) is 128 cm³/mol. The summed E-state index contributed by atoms with van der Waals surface area (Å²) in [6.45, 7) is 4.74. The number of halogens is 1. The first-order valence-electron chi connectivity index (χ1n) is 12.0. The Bertz CT molecular complexity index is 1210. The van der Waals surface area contributed by atoms with Crippen LogP contribution in [0.2, 0.25) is 0 Å². The number of nitrogens with zero attached hydrogens (tertiary/aromatic N) is 7. The maximum Gasteiger partial charge on any atom is 0.254 e. The molecule has 11 nitrogen and oxygen atoms in total. The van der Waals surface area contributed by atoms with E-state index in [-0.39, 0.29) is 17.2 Å². The maximum absolute atomic E-state index is 14.6. The molecule has 4 heterocycles. The summed E-state index contributed by atoms with van der Waals surface area (Å²) in [5.74, 6) is 0.404. The van der Waals surface area contributed by atoms with Crippen LogP contribution in [-0.2, 0) is 0 Å². The lowest BCUT2D eigenvalue weighted by Gasteiger charge is -2.44. The molecule has 35 heavy (non-hydrogen) atoms. The molecular formula is C23H29FN10O. The number of aromatic nitrogens is 6. The largest absolute Gasteiger partial charge is 0.369 e. The van der Waals surface area contributed by atoms with Crippen molar-refractivity contribution in [1.29, 1.82) is 0 Å². The number of carbonyl (C=O) groups is 1. The molecule has 0 saturated carbocycles. The molecule has 2 aromatic heterocycles. The zero-order chi connectivity index (χ0) is 24.4. The van der Waals surface area contributed by atoms with Gasteiger partial charge in [0.2, 0.25) is 5.95 Å². The molecule has 1 amide bonds. The van der Waals surface area contributed by atoms with Crippen LogP contribution in [0.5, 0.6) is 0 Å². The second-order valence-electron chi connectivity index (χ2n) is 9.13. The van der Waals surface area contributed by atoms with Gasteiger partial charge in [-0.3, -0.25) is 4.79 Å². The lowest BCUT2D eigenvalue weighted by atomic mass is 9.83. The highest BCUT2D eigenvalue weighted by Crippen LogP contribution is 2.31. The first kappa shape index (κ1) is 23.1. The third-order valence-electron chi connectivity index (χ3n) is 6.88. The fourth-order valence-corrected chi connectivity index (χ4v) is 5.13. The number of aryl methyl sites for hydroxylation is 1. The van der Waals surface area contributed by atoms with Crippen molar-refractivity contribution in [2.24, 2.45) is 11.7 Å². The number of anilines is 3. The normalized spacial score (nSPS) is 20.3. The lowest BCUT2D eigenvalue weighted by molar-refractivity contribution is 0.0649. The molecule has 2 saturated heterocycles. The molecule has 12 heteroatoms. The Morgan fingerprint density at radius 1 is 1.23 bits per heavy atom. The summed E-state index contributed by atoms with van der Waals surface area (Å²) in [6, 6.07) is 5.01. The number of nitrogens with two attached hydrogens (primary N) is 1. The molecule has 2 atom stereocenters. The van der Waals surface area contributed by atoms with E-state index < -0.39 is 11.7 Å². The number of carbonyl (C=O) groups excluding carboxylic acids is 1. The van der Waals surface area contributed by atoms with Crippen LogP contribution in [-0.4, -0.2) is 66.7 Å². The van der Waals surface area contributed by atoms with E-state index in [0.29, 0.717) is 35.8 Å². The number of primary amides is 1. The van der Waals surface area contributed by atoms with E-state index in [9.17, 15) is 9.18 Å². The molecule has 0 spiro atoms. The van der Waals surface area contributed by atoms with Crippen LogP contribution in [0.15, 0.2) is 24.4 Å². The first-order valence-corrected chi connectivity index (χ1v) is 12.0. The van der Waals surface area contributed by atoms with Gasteiger partial charge in [0.15, 0.2) is 5.82 Å². The van der Waals surface area contributed by atoms with Crippen LogP contribution >= 0.6 is 0 Å². The van der Waals surface area contributed by atoms with Crippen molar-refractivity contribution in [3.63, 3.8) is 0 Å². The van der Waals surface area contributed by atoms with Gasteiger partial charge in [-0.2, -0.15) is 9.67 Å². The third kappa shape index (κ3) is 4.92. The molecule has 0 radical (unpaired) electrons. The van der Waals surface area contributed by atoms with Gasteiger partial charge in [0.05, 0.1) is 16.9 Å². The maximum atomic E-state index is 14.6. The highest BCUT2D eigenvalue weighted by molar-refractivity contribution is 5.97. The number of tetrazole rings is 1. The third-order valence-corrected chi connectivity index (χ3v) is 6.88. The second kappa shape index (κ2) is 9.90. The predicted octanol–water partition coefficient (Wildman–Crippen LogP) is 2.42. The second-order valence-corrected chi connectivity index (χ2v) is 9.13. The van der Waals surface area contributed by atoms with Crippen molar-refractivity contribution in [2.45, 2.75) is 45.1 Å². The van der Waals surface area contributed by atoms with Crippen LogP contribution in [0, 0.1) is 18.7 Å². The average molecular weight is 481 g/mol. The van der Waals surface area contributed by atoms with Gasteiger partial charge in [-0.15, -0.1) is 5.10 Å². The number of benzene rings is 1. The lowest BCUT2D eigenvalue weighted by Crippen LogP contribution is -2.49. The summed E-state index contributed by atoms with van der Waals surface area (Å²) in [7, 11) is 0. The molecule has 2 fully saturated rings. The summed E-state index contributed by atoms with van der Waals surface area (Å²) in [6.07, 6.45) is 7.36. The summed E-state index contributed by atoms with van der Waals surface area (Å²) >= 11 is 0. The van der Waals surface area contributed by atoms with Crippen LogP contribution in [0.1, 0.15) is 48.3 Å². The molecule has 2 aliphatic heterocycles. The summed E-state index contributed by atoms with van der Waals surface area (Å²) in [4.78, 5) is 23.3. The molecule has 4 N–H and O–H groups in total. The zero-order valence-electron chi connectivity index (χ0n) is 19.6. The number of piperidine rings is 2. The number of nitrogens with one attached hydrogen (secondary N) is 2. The molecule has 2 aliphatic rings. The zero-order valence-corrected chi connectivity index (χ0v) is 19.6. The van der Waals surface area contributed by atoms with Crippen molar-refractivity contribution in [1.82, 2.24) is 35.1 Å².